The van der Waals surface area contributed by atoms with E-state index in [1.54, 1.807) is 6.92 Å². The second-order valence-electron chi connectivity index (χ2n) is 8.14. The zero-order valence-corrected chi connectivity index (χ0v) is 15.9. The van der Waals surface area contributed by atoms with Crippen molar-refractivity contribution in [3.8, 4) is 0 Å². The largest absolute Gasteiger partial charge is 0.461 e. The van der Waals surface area contributed by atoms with Crippen LogP contribution in [-0.4, -0.2) is 77.9 Å². The Morgan fingerprint density at radius 2 is 1.89 bits per heavy atom. The molecule has 3 aliphatic rings. The summed E-state index contributed by atoms with van der Waals surface area (Å²) in [6.07, 6.45) is -0.198. The number of ketones is 1. The summed E-state index contributed by atoms with van der Waals surface area (Å²) in [7, 11) is 0. The third-order valence-corrected chi connectivity index (χ3v) is 6.92. The molecule has 2 aliphatic carbocycles. The van der Waals surface area contributed by atoms with Crippen molar-refractivity contribution in [2.45, 2.75) is 50.9 Å². The van der Waals surface area contributed by atoms with E-state index in [0.717, 1.165) is 0 Å². The molecule has 0 radical (unpaired) electrons. The third kappa shape index (κ3) is 3.02. The SMILES string of the molecule is CC1CCC2C(COCCO)C(=O)OC2C2(C)C(=O)CC(OCCO)C12O. The highest BCUT2D eigenvalue weighted by Gasteiger charge is 2.73. The quantitative estimate of drug-likeness (QED) is 0.402. The van der Waals surface area contributed by atoms with Crippen LogP contribution in [0.2, 0.25) is 0 Å². The normalized spacial score (nSPS) is 44.0. The zero-order valence-electron chi connectivity index (χ0n) is 15.9. The van der Waals surface area contributed by atoms with Crippen LogP contribution in [0.15, 0.2) is 0 Å². The summed E-state index contributed by atoms with van der Waals surface area (Å²) in [5.41, 5.74) is -2.74. The number of carbonyl (C=O) groups is 2. The van der Waals surface area contributed by atoms with Crippen LogP contribution in [0.25, 0.3) is 0 Å². The first-order chi connectivity index (χ1) is 12.8. The van der Waals surface area contributed by atoms with E-state index in [0.29, 0.717) is 12.8 Å². The van der Waals surface area contributed by atoms with E-state index in [9.17, 15) is 14.7 Å². The number of hydrogen-bond acceptors (Lipinski definition) is 8. The minimum absolute atomic E-state index is 0.0315. The van der Waals surface area contributed by atoms with Gasteiger partial charge in [-0.05, 0) is 25.7 Å². The van der Waals surface area contributed by atoms with Crippen LogP contribution in [0.4, 0.5) is 0 Å². The molecule has 0 aromatic heterocycles. The maximum absolute atomic E-state index is 13.1. The summed E-state index contributed by atoms with van der Waals surface area (Å²) in [5.74, 6) is -1.59. The van der Waals surface area contributed by atoms with Crippen molar-refractivity contribution in [3.05, 3.63) is 0 Å². The van der Waals surface area contributed by atoms with Crippen LogP contribution in [0.5, 0.6) is 0 Å². The highest BCUT2D eigenvalue weighted by molar-refractivity contribution is 5.91. The number of rotatable bonds is 7. The Kier molecular flexibility index (Phi) is 5.93. The van der Waals surface area contributed by atoms with Gasteiger partial charge in [-0.3, -0.25) is 9.59 Å². The molecule has 8 nitrogen and oxygen atoms in total. The molecule has 3 fully saturated rings. The highest BCUT2D eigenvalue weighted by Crippen LogP contribution is 2.59. The van der Waals surface area contributed by atoms with Crippen molar-refractivity contribution in [2.24, 2.45) is 23.2 Å². The molecule has 1 aliphatic heterocycles. The van der Waals surface area contributed by atoms with E-state index < -0.39 is 35.1 Å². The molecule has 1 heterocycles. The molecule has 154 valence electrons. The fourth-order valence-corrected chi connectivity index (χ4v) is 5.40. The van der Waals surface area contributed by atoms with Gasteiger partial charge in [0.25, 0.3) is 0 Å². The minimum Gasteiger partial charge on any atom is -0.461 e. The van der Waals surface area contributed by atoms with E-state index in [4.69, 9.17) is 24.4 Å². The molecule has 0 aromatic rings. The molecular weight excluding hydrogens is 356 g/mol. The number of hydrogen-bond donors (Lipinski definition) is 3. The number of aliphatic hydroxyl groups excluding tert-OH is 2. The Balaban J connectivity index is 1.93. The molecule has 8 heteroatoms. The van der Waals surface area contributed by atoms with E-state index in [2.05, 4.69) is 0 Å². The van der Waals surface area contributed by atoms with Crippen LogP contribution in [0, 0.1) is 23.2 Å². The Morgan fingerprint density at radius 3 is 2.56 bits per heavy atom. The average Bonchev–Trinajstić information content (AvgIpc) is 3.03. The van der Waals surface area contributed by atoms with Crippen molar-refractivity contribution < 1.29 is 39.1 Å². The second-order valence-corrected chi connectivity index (χ2v) is 8.14. The van der Waals surface area contributed by atoms with Crippen molar-refractivity contribution in [1.29, 1.82) is 0 Å². The lowest BCUT2D eigenvalue weighted by molar-refractivity contribution is -0.198. The Bertz CT molecular complexity index is 580. The molecule has 27 heavy (non-hydrogen) atoms. The standard InChI is InChI=1S/C19H30O8/c1-11-3-4-12-13(10-25-7-5-20)17(23)27-16(12)18(2)14(22)9-15(19(11,18)24)26-8-6-21/h11-13,15-16,20-21,24H,3-10H2,1-2H3. The molecule has 2 saturated carbocycles. The van der Waals surface area contributed by atoms with Crippen molar-refractivity contribution in [1.82, 2.24) is 0 Å². The van der Waals surface area contributed by atoms with Gasteiger partial charge in [-0.1, -0.05) is 6.92 Å². The Labute approximate surface area is 158 Å². The highest BCUT2D eigenvalue weighted by atomic mass is 16.6. The van der Waals surface area contributed by atoms with Crippen LogP contribution in [0.1, 0.15) is 33.1 Å². The Hall–Kier alpha value is -1.06. The van der Waals surface area contributed by atoms with Gasteiger partial charge in [-0.15, -0.1) is 0 Å². The molecule has 0 aromatic carbocycles. The molecule has 7 atom stereocenters. The molecule has 7 unspecified atom stereocenters. The third-order valence-electron chi connectivity index (χ3n) is 6.92. The minimum atomic E-state index is -1.47. The Morgan fingerprint density at radius 1 is 1.19 bits per heavy atom. The van der Waals surface area contributed by atoms with Crippen LogP contribution >= 0.6 is 0 Å². The summed E-state index contributed by atoms with van der Waals surface area (Å²) in [6.45, 7) is 3.54. The predicted molar refractivity (Wildman–Crippen MR) is 92.7 cm³/mol. The number of fused-ring (bicyclic) bond motifs is 3. The fraction of sp³-hybridized carbons (Fsp3) is 0.895. The lowest BCUT2D eigenvalue weighted by Gasteiger charge is -2.46. The number of Topliss-reactive ketones (excluding diaryl/α,β-unsaturated/α-hetero) is 1. The lowest BCUT2D eigenvalue weighted by atomic mass is 9.64. The summed E-state index contributed by atoms with van der Waals surface area (Å²) in [4.78, 5) is 25.6. The van der Waals surface area contributed by atoms with Gasteiger partial charge in [0.2, 0.25) is 0 Å². The van der Waals surface area contributed by atoms with Gasteiger partial charge >= 0.3 is 5.97 Å². The molecule has 3 N–H and O–H groups in total. The molecule has 0 spiro atoms. The van der Waals surface area contributed by atoms with Crippen molar-refractivity contribution >= 4 is 11.8 Å². The fourth-order valence-electron chi connectivity index (χ4n) is 5.40. The first kappa shape index (κ1) is 20.7. The molecule has 1 saturated heterocycles. The van der Waals surface area contributed by atoms with Crippen LogP contribution in [0.3, 0.4) is 0 Å². The maximum Gasteiger partial charge on any atom is 0.312 e. The van der Waals surface area contributed by atoms with E-state index in [-0.39, 0.29) is 57.1 Å². The molecular formula is C19H30O8. The van der Waals surface area contributed by atoms with Gasteiger partial charge in [-0.25, -0.2) is 0 Å². The number of aliphatic hydroxyl groups is 3. The molecule has 3 rings (SSSR count). The van der Waals surface area contributed by atoms with E-state index in [1.165, 1.54) is 0 Å². The van der Waals surface area contributed by atoms with Gasteiger partial charge in [0.1, 0.15) is 17.5 Å². The van der Waals surface area contributed by atoms with Gasteiger partial charge in [0, 0.05) is 12.3 Å². The van der Waals surface area contributed by atoms with Gasteiger partial charge in [0.05, 0.1) is 50.5 Å². The lowest BCUT2D eigenvalue weighted by Crippen LogP contribution is -2.60. The summed E-state index contributed by atoms with van der Waals surface area (Å²) < 4.78 is 16.7. The first-order valence-electron chi connectivity index (χ1n) is 9.69. The van der Waals surface area contributed by atoms with Gasteiger partial charge in [0.15, 0.2) is 0 Å². The number of esters is 1. The average molecular weight is 386 g/mol. The zero-order chi connectivity index (χ0) is 19.8. The summed E-state index contributed by atoms with van der Waals surface area (Å²) >= 11 is 0. The summed E-state index contributed by atoms with van der Waals surface area (Å²) in [6, 6.07) is 0. The van der Waals surface area contributed by atoms with E-state index >= 15 is 0 Å². The monoisotopic (exact) mass is 386 g/mol. The molecule has 0 bridgehead atoms. The topological polar surface area (TPSA) is 123 Å². The van der Waals surface area contributed by atoms with Crippen molar-refractivity contribution in [3.63, 3.8) is 0 Å². The van der Waals surface area contributed by atoms with Crippen LogP contribution in [-0.2, 0) is 23.8 Å². The van der Waals surface area contributed by atoms with Gasteiger partial charge in [-0.2, -0.15) is 0 Å². The number of ether oxygens (including phenoxy) is 3. The first-order valence-corrected chi connectivity index (χ1v) is 9.69. The van der Waals surface area contributed by atoms with E-state index in [1.807, 2.05) is 6.92 Å². The summed E-state index contributed by atoms with van der Waals surface area (Å²) in [5, 5.41) is 29.7. The molecule has 0 amide bonds. The van der Waals surface area contributed by atoms with Crippen LogP contribution < -0.4 is 0 Å². The predicted octanol–water partition coefficient (Wildman–Crippen LogP) is -0.329. The number of carbonyl (C=O) groups excluding carboxylic acids is 2. The smallest absolute Gasteiger partial charge is 0.312 e. The maximum atomic E-state index is 13.1. The second kappa shape index (κ2) is 7.75. The van der Waals surface area contributed by atoms with Crippen molar-refractivity contribution in [2.75, 3.05) is 33.0 Å². The van der Waals surface area contributed by atoms with Gasteiger partial charge < -0.3 is 29.5 Å².